The lowest BCUT2D eigenvalue weighted by Crippen LogP contribution is -2.37. The molecule has 1 aliphatic heterocycles. The second-order valence-corrected chi connectivity index (χ2v) is 5.72. The Morgan fingerprint density at radius 2 is 2.19 bits per heavy atom. The molecule has 2 rings (SSSR count). The van der Waals surface area contributed by atoms with Crippen LogP contribution in [0.25, 0.3) is 0 Å². The number of rotatable bonds is 6. The van der Waals surface area contributed by atoms with E-state index in [1.165, 1.54) is 0 Å². The molecular formula is C16H25N3O2. The second-order valence-electron chi connectivity index (χ2n) is 5.72. The molecule has 3 N–H and O–H groups in total. The van der Waals surface area contributed by atoms with Gasteiger partial charge in [-0.1, -0.05) is 6.07 Å². The molecule has 5 heteroatoms. The number of hydrogen-bond donors (Lipinski definition) is 2. The van der Waals surface area contributed by atoms with E-state index in [2.05, 4.69) is 17.3 Å². The van der Waals surface area contributed by atoms with Crippen molar-refractivity contribution in [2.24, 2.45) is 5.92 Å². The number of nitrogens with one attached hydrogen (secondary N) is 1. The summed E-state index contributed by atoms with van der Waals surface area (Å²) < 4.78 is 5.52. The maximum absolute atomic E-state index is 11.8. The van der Waals surface area contributed by atoms with Gasteiger partial charge in [0.1, 0.15) is 5.75 Å². The van der Waals surface area contributed by atoms with Crippen molar-refractivity contribution in [2.45, 2.75) is 19.3 Å². The van der Waals surface area contributed by atoms with Crippen molar-refractivity contribution >= 4 is 11.6 Å². The lowest BCUT2D eigenvalue weighted by molar-refractivity contribution is -0.121. The highest BCUT2D eigenvalue weighted by molar-refractivity contribution is 5.75. The highest BCUT2D eigenvalue weighted by Crippen LogP contribution is 2.15. The summed E-state index contributed by atoms with van der Waals surface area (Å²) in [6, 6.07) is 7.25. The maximum Gasteiger partial charge on any atom is 0.223 e. The molecule has 0 spiro atoms. The number of ether oxygens (including phenoxy) is 1. The van der Waals surface area contributed by atoms with Crippen LogP contribution in [0, 0.1) is 5.92 Å². The van der Waals surface area contributed by atoms with Crippen LogP contribution in [0.5, 0.6) is 5.75 Å². The van der Waals surface area contributed by atoms with Gasteiger partial charge in [-0.15, -0.1) is 0 Å². The lowest BCUT2D eigenvalue weighted by Gasteiger charge is -2.28. The number of nitrogen functional groups attached to an aromatic ring is 1. The summed E-state index contributed by atoms with van der Waals surface area (Å²) in [6.45, 7) is 3.41. The van der Waals surface area contributed by atoms with Crippen molar-refractivity contribution < 1.29 is 9.53 Å². The van der Waals surface area contributed by atoms with Gasteiger partial charge in [0.05, 0.1) is 13.0 Å². The fraction of sp³-hybridized carbons (Fsp3) is 0.562. The Labute approximate surface area is 126 Å². The first-order valence-corrected chi connectivity index (χ1v) is 7.57. The van der Waals surface area contributed by atoms with Crippen LogP contribution < -0.4 is 15.8 Å². The van der Waals surface area contributed by atoms with Crippen LogP contribution in [0.3, 0.4) is 0 Å². The first-order valence-electron chi connectivity index (χ1n) is 7.57. The number of carbonyl (C=O) groups is 1. The van der Waals surface area contributed by atoms with Crippen molar-refractivity contribution in [3.05, 3.63) is 24.3 Å². The molecule has 1 saturated heterocycles. The van der Waals surface area contributed by atoms with Crippen LogP contribution >= 0.6 is 0 Å². The zero-order chi connectivity index (χ0) is 15.1. The minimum atomic E-state index is 0.0535. The third-order valence-corrected chi connectivity index (χ3v) is 3.88. The SMILES string of the molecule is CN1CCC(CNC(=O)CCOc2cccc(N)c2)CC1. The standard InChI is InChI=1S/C16H25N3O2/c1-19-8-5-13(6-9-19)12-18-16(20)7-10-21-15-4-2-3-14(17)11-15/h2-4,11,13H,5-10,12,17H2,1H3,(H,18,20). The summed E-state index contributed by atoms with van der Waals surface area (Å²) in [6.07, 6.45) is 2.70. The van der Waals surface area contributed by atoms with Crippen LogP contribution in [0.2, 0.25) is 0 Å². The van der Waals surface area contributed by atoms with E-state index in [4.69, 9.17) is 10.5 Å². The normalized spacial score (nSPS) is 16.6. The van der Waals surface area contributed by atoms with Gasteiger partial charge >= 0.3 is 0 Å². The Bertz CT molecular complexity index is 457. The number of piperidine rings is 1. The Balaban J connectivity index is 1.59. The van der Waals surface area contributed by atoms with Gasteiger partial charge in [0.25, 0.3) is 0 Å². The van der Waals surface area contributed by atoms with Gasteiger partial charge in [-0.25, -0.2) is 0 Å². The van der Waals surface area contributed by atoms with Crippen molar-refractivity contribution in [3.8, 4) is 5.75 Å². The molecule has 0 atom stereocenters. The van der Waals surface area contributed by atoms with Crippen LogP contribution in [0.1, 0.15) is 19.3 Å². The van der Waals surface area contributed by atoms with Crippen molar-refractivity contribution in [2.75, 3.05) is 39.0 Å². The van der Waals surface area contributed by atoms with E-state index in [1.807, 2.05) is 12.1 Å². The average molecular weight is 291 g/mol. The van der Waals surface area contributed by atoms with Crippen LogP contribution in [-0.4, -0.2) is 44.1 Å². The van der Waals surface area contributed by atoms with Crippen molar-refractivity contribution in [1.29, 1.82) is 0 Å². The highest BCUT2D eigenvalue weighted by Gasteiger charge is 2.17. The zero-order valence-electron chi connectivity index (χ0n) is 12.7. The Hall–Kier alpha value is -1.75. The molecule has 0 aliphatic carbocycles. The van der Waals surface area contributed by atoms with Gasteiger partial charge < -0.3 is 20.7 Å². The van der Waals surface area contributed by atoms with E-state index >= 15 is 0 Å². The number of likely N-dealkylation sites (tertiary alicyclic amines) is 1. The van der Waals surface area contributed by atoms with Crippen LogP contribution in [0.15, 0.2) is 24.3 Å². The molecule has 21 heavy (non-hydrogen) atoms. The molecule has 1 fully saturated rings. The summed E-state index contributed by atoms with van der Waals surface area (Å²) in [7, 11) is 2.14. The average Bonchev–Trinajstić information content (AvgIpc) is 2.47. The highest BCUT2D eigenvalue weighted by atomic mass is 16.5. The van der Waals surface area contributed by atoms with E-state index in [0.717, 1.165) is 32.5 Å². The van der Waals surface area contributed by atoms with Gasteiger partial charge in [0.2, 0.25) is 5.91 Å². The van der Waals surface area contributed by atoms with E-state index < -0.39 is 0 Å². The topological polar surface area (TPSA) is 67.6 Å². The fourth-order valence-corrected chi connectivity index (χ4v) is 2.48. The Kier molecular flexibility index (Phi) is 5.87. The minimum absolute atomic E-state index is 0.0535. The van der Waals surface area contributed by atoms with Crippen molar-refractivity contribution in [1.82, 2.24) is 10.2 Å². The monoisotopic (exact) mass is 291 g/mol. The van der Waals surface area contributed by atoms with Crippen LogP contribution in [0.4, 0.5) is 5.69 Å². The van der Waals surface area contributed by atoms with E-state index in [-0.39, 0.29) is 5.91 Å². The first kappa shape index (κ1) is 15.6. The number of nitrogens with zero attached hydrogens (tertiary/aromatic N) is 1. The van der Waals surface area contributed by atoms with E-state index in [1.54, 1.807) is 12.1 Å². The minimum Gasteiger partial charge on any atom is -0.493 e. The number of carbonyl (C=O) groups excluding carboxylic acids is 1. The summed E-state index contributed by atoms with van der Waals surface area (Å²) in [5.41, 5.74) is 6.33. The number of anilines is 1. The molecule has 5 nitrogen and oxygen atoms in total. The molecule has 1 amide bonds. The molecule has 1 heterocycles. The number of benzene rings is 1. The lowest BCUT2D eigenvalue weighted by atomic mass is 9.97. The predicted octanol–water partition coefficient (Wildman–Crippen LogP) is 1.50. The summed E-state index contributed by atoms with van der Waals surface area (Å²) in [4.78, 5) is 14.1. The smallest absolute Gasteiger partial charge is 0.223 e. The van der Waals surface area contributed by atoms with Gasteiger partial charge in [-0.3, -0.25) is 4.79 Å². The third-order valence-electron chi connectivity index (χ3n) is 3.88. The molecule has 1 aromatic rings. The van der Waals surface area contributed by atoms with E-state index in [0.29, 0.717) is 30.4 Å². The number of hydrogen-bond acceptors (Lipinski definition) is 4. The molecule has 0 aromatic heterocycles. The van der Waals surface area contributed by atoms with Gasteiger partial charge in [0.15, 0.2) is 0 Å². The fourth-order valence-electron chi connectivity index (χ4n) is 2.48. The Morgan fingerprint density at radius 1 is 1.43 bits per heavy atom. The quantitative estimate of drug-likeness (QED) is 0.779. The summed E-state index contributed by atoms with van der Waals surface area (Å²) >= 11 is 0. The molecular weight excluding hydrogens is 266 g/mol. The van der Waals surface area contributed by atoms with Gasteiger partial charge in [-0.2, -0.15) is 0 Å². The largest absolute Gasteiger partial charge is 0.493 e. The van der Waals surface area contributed by atoms with Gasteiger partial charge in [-0.05, 0) is 51.0 Å². The summed E-state index contributed by atoms with van der Waals surface area (Å²) in [5.74, 6) is 1.37. The predicted molar refractivity (Wildman–Crippen MR) is 84.2 cm³/mol. The molecule has 0 radical (unpaired) electrons. The number of nitrogens with two attached hydrogens (primary N) is 1. The zero-order valence-corrected chi connectivity index (χ0v) is 12.7. The van der Waals surface area contributed by atoms with E-state index in [9.17, 15) is 4.79 Å². The number of amides is 1. The van der Waals surface area contributed by atoms with Crippen molar-refractivity contribution in [3.63, 3.8) is 0 Å². The molecule has 1 aromatic carbocycles. The molecule has 0 saturated carbocycles. The van der Waals surface area contributed by atoms with Gasteiger partial charge in [0, 0.05) is 18.3 Å². The molecule has 0 bridgehead atoms. The van der Waals surface area contributed by atoms with Crippen LogP contribution in [-0.2, 0) is 4.79 Å². The maximum atomic E-state index is 11.8. The summed E-state index contributed by atoms with van der Waals surface area (Å²) in [5, 5.41) is 3.00. The molecule has 0 unspecified atom stereocenters. The molecule has 1 aliphatic rings. The second kappa shape index (κ2) is 7.88. The third kappa shape index (κ3) is 5.63. The first-order chi connectivity index (χ1) is 10.1. The molecule has 116 valence electrons. The Morgan fingerprint density at radius 3 is 2.90 bits per heavy atom.